The summed E-state index contributed by atoms with van der Waals surface area (Å²) in [6.45, 7) is 6.21. The zero-order valence-corrected chi connectivity index (χ0v) is 11.6. The molecule has 0 saturated heterocycles. The summed E-state index contributed by atoms with van der Waals surface area (Å²) in [5.74, 6) is 1.59. The maximum atomic E-state index is 11.3. The minimum atomic E-state index is -0.0168. The largest absolute Gasteiger partial charge is 0.337 e. The van der Waals surface area contributed by atoms with Gasteiger partial charge in [0.1, 0.15) is 0 Å². The third-order valence-electron chi connectivity index (χ3n) is 3.67. The SMILES string of the molecule is CC1CCC(C)C(NCCNC(=O)N(C)C)C1. The van der Waals surface area contributed by atoms with Crippen LogP contribution in [0.3, 0.4) is 0 Å². The molecular weight excluding hydrogens is 214 g/mol. The first-order chi connectivity index (χ1) is 8.00. The number of carbonyl (C=O) groups is 1. The third-order valence-corrected chi connectivity index (χ3v) is 3.67. The quantitative estimate of drug-likeness (QED) is 0.735. The van der Waals surface area contributed by atoms with Gasteiger partial charge in [0, 0.05) is 33.2 Å². The maximum absolute atomic E-state index is 11.3. The van der Waals surface area contributed by atoms with Gasteiger partial charge in [0.15, 0.2) is 0 Å². The molecule has 4 nitrogen and oxygen atoms in total. The lowest BCUT2D eigenvalue weighted by atomic mass is 9.80. The first kappa shape index (κ1) is 14.3. The van der Waals surface area contributed by atoms with Gasteiger partial charge in [0.05, 0.1) is 0 Å². The molecule has 2 amide bonds. The Morgan fingerprint density at radius 1 is 1.24 bits per heavy atom. The van der Waals surface area contributed by atoms with E-state index in [1.54, 1.807) is 19.0 Å². The maximum Gasteiger partial charge on any atom is 0.316 e. The first-order valence-electron chi connectivity index (χ1n) is 6.69. The van der Waals surface area contributed by atoms with E-state index in [0.717, 1.165) is 18.4 Å². The van der Waals surface area contributed by atoms with Crippen LogP contribution in [0.4, 0.5) is 4.79 Å². The highest BCUT2D eigenvalue weighted by molar-refractivity contribution is 5.73. The van der Waals surface area contributed by atoms with E-state index < -0.39 is 0 Å². The lowest BCUT2D eigenvalue weighted by Crippen LogP contribution is -2.44. The number of rotatable bonds is 4. The van der Waals surface area contributed by atoms with E-state index in [1.165, 1.54) is 19.3 Å². The van der Waals surface area contributed by atoms with Gasteiger partial charge in [-0.3, -0.25) is 0 Å². The van der Waals surface area contributed by atoms with Gasteiger partial charge in [0.2, 0.25) is 0 Å². The van der Waals surface area contributed by atoms with Gasteiger partial charge in [-0.1, -0.05) is 20.3 Å². The molecule has 3 atom stereocenters. The fourth-order valence-electron chi connectivity index (χ4n) is 2.40. The van der Waals surface area contributed by atoms with Crippen molar-refractivity contribution in [2.45, 2.75) is 39.2 Å². The smallest absolute Gasteiger partial charge is 0.316 e. The van der Waals surface area contributed by atoms with Crippen molar-refractivity contribution in [1.82, 2.24) is 15.5 Å². The van der Waals surface area contributed by atoms with Crippen molar-refractivity contribution in [3.05, 3.63) is 0 Å². The van der Waals surface area contributed by atoms with Crippen LogP contribution in [-0.2, 0) is 0 Å². The highest BCUT2D eigenvalue weighted by Crippen LogP contribution is 2.28. The molecule has 1 aliphatic rings. The van der Waals surface area contributed by atoms with Gasteiger partial charge in [-0.25, -0.2) is 4.79 Å². The molecule has 0 spiro atoms. The molecular formula is C13H27N3O. The van der Waals surface area contributed by atoms with E-state index >= 15 is 0 Å². The predicted molar refractivity (Wildman–Crippen MR) is 71.1 cm³/mol. The zero-order chi connectivity index (χ0) is 12.8. The molecule has 2 N–H and O–H groups in total. The van der Waals surface area contributed by atoms with Crippen molar-refractivity contribution in [3.8, 4) is 0 Å². The minimum Gasteiger partial charge on any atom is -0.337 e. The summed E-state index contributed by atoms with van der Waals surface area (Å²) in [4.78, 5) is 12.9. The van der Waals surface area contributed by atoms with Crippen LogP contribution in [0.15, 0.2) is 0 Å². The van der Waals surface area contributed by atoms with Crippen LogP contribution in [0, 0.1) is 11.8 Å². The molecule has 4 heteroatoms. The number of nitrogens with zero attached hydrogens (tertiary/aromatic N) is 1. The molecule has 0 aliphatic heterocycles. The van der Waals surface area contributed by atoms with Crippen molar-refractivity contribution in [3.63, 3.8) is 0 Å². The Hall–Kier alpha value is -0.770. The Balaban J connectivity index is 2.15. The van der Waals surface area contributed by atoms with Crippen LogP contribution in [0.2, 0.25) is 0 Å². The number of nitrogens with one attached hydrogen (secondary N) is 2. The first-order valence-corrected chi connectivity index (χ1v) is 6.69. The van der Waals surface area contributed by atoms with Gasteiger partial charge in [-0.05, 0) is 24.7 Å². The summed E-state index contributed by atoms with van der Waals surface area (Å²) < 4.78 is 0. The summed E-state index contributed by atoms with van der Waals surface area (Å²) in [6, 6.07) is 0.604. The molecule has 1 fully saturated rings. The Kier molecular flexibility index (Phi) is 5.75. The average molecular weight is 241 g/mol. The third kappa shape index (κ3) is 4.94. The van der Waals surface area contributed by atoms with Crippen molar-refractivity contribution in [2.24, 2.45) is 11.8 Å². The van der Waals surface area contributed by atoms with Crippen molar-refractivity contribution in [1.29, 1.82) is 0 Å². The van der Waals surface area contributed by atoms with E-state index in [4.69, 9.17) is 0 Å². The van der Waals surface area contributed by atoms with Gasteiger partial charge in [-0.2, -0.15) is 0 Å². The number of amides is 2. The molecule has 0 bridgehead atoms. The molecule has 1 rings (SSSR count). The van der Waals surface area contributed by atoms with Crippen LogP contribution < -0.4 is 10.6 Å². The molecule has 0 aromatic heterocycles. The van der Waals surface area contributed by atoms with E-state index in [0.29, 0.717) is 12.6 Å². The van der Waals surface area contributed by atoms with Crippen LogP contribution in [0.5, 0.6) is 0 Å². The second-order valence-corrected chi connectivity index (χ2v) is 5.58. The van der Waals surface area contributed by atoms with E-state index in [9.17, 15) is 4.79 Å². The fraction of sp³-hybridized carbons (Fsp3) is 0.923. The molecule has 0 heterocycles. The Morgan fingerprint density at radius 2 is 1.94 bits per heavy atom. The average Bonchev–Trinajstić information content (AvgIpc) is 2.28. The zero-order valence-electron chi connectivity index (χ0n) is 11.6. The van der Waals surface area contributed by atoms with Gasteiger partial charge < -0.3 is 15.5 Å². The lowest BCUT2D eigenvalue weighted by Gasteiger charge is -2.33. The highest BCUT2D eigenvalue weighted by atomic mass is 16.2. The number of carbonyl (C=O) groups excluding carboxylic acids is 1. The van der Waals surface area contributed by atoms with E-state index in [1.807, 2.05) is 0 Å². The Labute approximate surface area is 105 Å². The van der Waals surface area contributed by atoms with Gasteiger partial charge in [-0.15, -0.1) is 0 Å². The molecule has 1 aliphatic carbocycles. The fourth-order valence-corrected chi connectivity index (χ4v) is 2.40. The second kappa shape index (κ2) is 6.84. The normalized spacial score (nSPS) is 28.8. The summed E-state index contributed by atoms with van der Waals surface area (Å²) >= 11 is 0. The van der Waals surface area contributed by atoms with Crippen LogP contribution >= 0.6 is 0 Å². The molecule has 0 radical (unpaired) electrons. The lowest BCUT2D eigenvalue weighted by molar-refractivity contribution is 0.213. The summed E-state index contributed by atoms with van der Waals surface area (Å²) in [5.41, 5.74) is 0. The molecule has 100 valence electrons. The molecule has 17 heavy (non-hydrogen) atoms. The van der Waals surface area contributed by atoms with Crippen LogP contribution in [-0.4, -0.2) is 44.2 Å². The summed E-state index contributed by atoms with van der Waals surface area (Å²) in [5, 5.41) is 6.44. The summed E-state index contributed by atoms with van der Waals surface area (Å²) in [7, 11) is 3.52. The Morgan fingerprint density at radius 3 is 2.59 bits per heavy atom. The van der Waals surface area contributed by atoms with Crippen molar-refractivity contribution in [2.75, 3.05) is 27.2 Å². The van der Waals surface area contributed by atoms with E-state index in [2.05, 4.69) is 24.5 Å². The second-order valence-electron chi connectivity index (χ2n) is 5.58. The number of hydrogen-bond acceptors (Lipinski definition) is 2. The topological polar surface area (TPSA) is 44.4 Å². The standard InChI is InChI=1S/C13H27N3O/c1-10-5-6-11(2)12(9-10)14-7-8-15-13(17)16(3)4/h10-12,14H,5-9H2,1-4H3,(H,15,17). The van der Waals surface area contributed by atoms with Crippen molar-refractivity contribution >= 4 is 6.03 Å². The minimum absolute atomic E-state index is 0.0168. The van der Waals surface area contributed by atoms with Crippen molar-refractivity contribution < 1.29 is 4.79 Å². The van der Waals surface area contributed by atoms with Gasteiger partial charge >= 0.3 is 6.03 Å². The number of hydrogen-bond donors (Lipinski definition) is 2. The Bertz CT molecular complexity index is 243. The van der Waals surface area contributed by atoms with Crippen LogP contribution in [0.1, 0.15) is 33.1 Å². The monoisotopic (exact) mass is 241 g/mol. The molecule has 0 aromatic carbocycles. The highest BCUT2D eigenvalue weighted by Gasteiger charge is 2.24. The van der Waals surface area contributed by atoms with E-state index in [-0.39, 0.29) is 6.03 Å². The molecule has 3 unspecified atom stereocenters. The van der Waals surface area contributed by atoms with Gasteiger partial charge in [0.25, 0.3) is 0 Å². The summed E-state index contributed by atoms with van der Waals surface area (Å²) in [6.07, 6.45) is 3.95. The number of urea groups is 1. The molecule has 0 aromatic rings. The molecule has 1 saturated carbocycles. The predicted octanol–water partition coefficient (Wildman–Crippen LogP) is 1.67. The van der Waals surface area contributed by atoms with Crippen LogP contribution in [0.25, 0.3) is 0 Å².